The molecule has 0 aromatic carbocycles. The van der Waals surface area contributed by atoms with Crippen molar-refractivity contribution in [2.45, 2.75) is 32.0 Å². The van der Waals surface area contributed by atoms with Gasteiger partial charge in [-0.2, -0.15) is 0 Å². The van der Waals surface area contributed by atoms with E-state index in [1.54, 1.807) is 11.8 Å². The molecule has 13 heavy (non-hydrogen) atoms. The van der Waals surface area contributed by atoms with Crippen molar-refractivity contribution < 1.29 is 10.2 Å². The summed E-state index contributed by atoms with van der Waals surface area (Å²) in [4.78, 5) is 0. The van der Waals surface area contributed by atoms with E-state index in [1.165, 1.54) is 0 Å². The van der Waals surface area contributed by atoms with Gasteiger partial charge < -0.3 is 10.2 Å². The molecule has 3 N–H and O–H groups in total. The molecule has 0 amide bonds. The molecule has 1 heterocycles. The van der Waals surface area contributed by atoms with E-state index in [-0.39, 0.29) is 6.04 Å². The highest BCUT2D eigenvalue weighted by Gasteiger charge is 2.20. The van der Waals surface area contributed by atoms with E-state index >= 15 is 0 Å². The van der Waals surface area contributed by atoms with E-state index in [4.69, 9.17) is 4.42 Å². The van der Waals surface area contributed by atoms with Gasteiger partial charge in [0, 0.05) is 5.92 Å². The summed E-state index contributed by atoms with van der Waals surface area (Å²) >= 11 is 1.56. The Labute approximate surface area is 82.3 Å². The average Bonchev–Trinajstić information content (AvgIpc) is 2.52. The van der Waals surface area contributed by atoms with Crippen molar-refractivity contribution in [2.24, 2.45) is 5.92 Å². The van der Waals surface area contributed by atoms with Crippen molar-refractivity contribution in [2.75, 3.05) is 5.75 Å². The van der Waals surface area contributed by atoms with Gasteiger partial charge in [-0.25, -0.2) is 0 Å². The Morgan fingerprint density at radius 3 is 2.69 bits per heavy atom. The minimum absolute atomic E-state index is 0.0960. The topological polar surface area (TPSA) is 66.6 Å². The molecule has 74 valence electrons. The zero-order chi connectivity index (χ0) is 9.84. The molecule has 1 atom stereocenters. The summed E-state index contributed by atoms with van der Waals surface area (Å²) < 4.78 is 5.43. The molecule has 0 saturated carbocycles. The average molecular weight is 202 g/mol. The van der Waals surface area contributed by atoms with Crippen LogP contribution in [0.15, 0.2) is 9.64 Å². The Hall–Kier alpha value is -0.550. The number of quaternary nitrogens is 1. The standard InChI is InChI=1S/C8H15N3OS/c1-4-13-8-11-10-7(12-8)6(9)5(2)3/h5-6H,4,9H2,1-3H3/p+1/t6-/m0/s1. The van der Waals surface area contributed by atoms with Crippen molar-refractivity contribution in [1.29, 1.82) is 0 Å². The van der Waals surface area contributed by atoms with Gasteiger partial charge in [-0.3, -0.25) is 0 Å². The minimum atomic E-state index is 0.0960. The number of hydrogen-bond acceptors (Lipinski definition) is 4. The summed E-state index contributed by atoms with van der Waals surface area (Å²) in [6.45, 7) is 6.24. The van der Waals surface area contributed by atoms with Crippen LogP contribution < -0.4 is 5.73 Å². The Bertz CT molecular complexity index is 262. The van der Waals surface area contributed by atoms with Crippen LogP contribution in [0, 0.1) is 5.92 Å². The Morgan fingerprint density at radius 1 is 1.46 bits per heavy atom. The Balaban J connectivity index is 2.67. The SMILES string of the molecule is CCSc1nnc([C@@H]([NH3+])C(C)C)o1. The van der Waals surface area contributed by atoms with E-state index in [1.807, 2.05) is 0 Å². The van der Waals surface area contributed by atoms with Crippen LogP contribution in [0.3, 0.4) is 0 Å². The number of hydrogen-bond donors (Lipinski definition) is 1. The van der Waals surface area contributed by atoms with E-state index in [2.05, 4.69) is 36.7 Å². The molecule has 0 saturated heterocycles. The highest BCUT2D eigenvalue weighted by Crippen LogP contribution is 2.20. The van der Waals surface area contributed by atoms with Crippen molar-refractivity contribution >= 4 is 11.8 Å². The van der Waals surface area contributed by atoms with Crippen LogP contribution in [-0.2, 0) is 0 Å². The fraction of sp³-hybridized carbons (Fsp3) is 0.750. The summed E-state index contributed by atoms with van der Waals surface area (Å²) in [5.41, 5.74) is 3.98. The second kappa shape index (κ2) is 4.62. The molecule has 0 radical (unpaired) electrons. The van der Waals surface area contributed by atoms with Gasteiger partial charge in [0.2, 0.25) is 0 Å². The zero-order valence-corrected chi connectivity index (χ0v) is 9.10. The van der Waals surface area contributed by atoms with Gasteiger partial charge in [0.25, 0.3) is 11.1 Å². The van der Waals surface area contributed by atoms with Crippen LogP contribution in [0.5, 0.6) is 0 Å². The lowest BCUT2D eigenvalue weighted by atomic mass is 10.1. The second-order valence-electron chi connectivity index (χ2n) is 3.19. The fourth-order valence-electron chi connectivity index (χ4n) is 0.837. The van der Waals surface area contributed by atoms with Crippen LogP contribution in [0.4, 0.5) is 0 Å². The molecule has 1 aromatic rings. The molecular formula is C8H16N3OS+. The predicted octanol–water partition coefficient (Wildman–Crippen LogP) is 1.12. The first kappa shape index (κ1) is 10.5. The normalized spacial score (nSPS) is 13.6. The molecule has 0 spiro atoms. The Kier molecular flexibility index (Phi) is 3.74. The maximum absolute atomic E-state index is 5.43. The van der Waals surface area contributed by atoms with Crippen LogP contribution in [-0.4, -0.2) is 16.0 Å². The first-order valence-electron chi connectivity index (χ1n) is 4.44. The van der Waals surface area contributed by atoms with Crippen molar-refractivity contribution in [3.8, 4) is 0 Å². The summed E-state index contributed by atoms with van der Waals surface area (Å²) in [5.74, 6) is 2.02. The van der Waals surface area contributed by atoms with E-state index < -0.39 is 0 Å². The smallest absolute Gasteiger partial charge is 0.276 e. The van der Waals surface area contributed by atoms with Gasteiger partial charge in [0.05, 0.1) is 0 Å². The summed E-state index contributed by atoms with van der Waals surface area (Å²) in [6.07, 6.45) is 0. The van der Waals surface area contributed by atoms with Gasteiger partial charge in [-0.05, 0) is 5.75 Å². The van der Waals surface area contributed by atoms with E-state index in [0.29, 0.717) is 17.0 Å². The number of nitrogens with zero attached hydrogens (tertiary/aromatic N) is 2. The van der Waals surface area contributed by atoms with Crippen LogP contribution >= 0.6 is 11.8 Å². The molecule has 5 heteroatoms. The van der Waals surface area contributed by atoms with E-state index in [9.17, 15) is 0 Å². The molecule has 1 aromatic heterocycles. The maximum Gasteiger partial charge on any atom is 0.276 e. The highest BCUT2D eigenvalue weighted by atomic mass is 32.2. The molecule has 0 fully saturated rings. The molecule has 0 aliphatic rings. The van der Waals surface area contributed by atoms with Crippen molar-refractivity contribution in [3.63, 3.8) is 0 Å². The van der Waals surface area contributed by atoms with Crippen LogP contribution in [0.1, 0.15) is 32.7 Å². The third-order valence-corrected chi connectivity index (χ3v) is 2.51. The third kappa shape index (κ3) is 2.70. The lowest BCUT2D eigenvalue weighted by Crippen LogP contribution is -2.56. The zero-order valence-electron chi connectivity index (χ0n) is 8.28. The Morgan fingerprint density at radius 2 is 2.15 bits per heavy atom. The van der Waals surface area contributed by atoms with Gasteiger partial charge >= 0.3 is 0 Å². The molecule has 4 nitrogen and oxygen atoms in total. The van der Waals surface area contributed by atoms with Gasteiger partial charge in [0.1, 0.15) is 0 Å². The van der Waals surface area contributed by atoms with Gasteiger partial charge in [-0.1, -0.05) is 32.5 Å². The first-order chi connectivity index (χ1) is 6.15. The fourth-order valence-corrected chi connectivity index (χ4v) is 1.33. The van der Waals surface area contributed by atoms with Crippen molar-refractivity contribution in [1.82, 2.24) is 10.2 Å². The minimum Gasteiger partial charge on any atom is -0.410 e. The first-order valence-corrected chi connectivity index (χ1v) is 5.43. The highest BCUT2D eigenvalue weighted by molar-refractivity contribution is 7.99. The number of aromatic nitrogens is 2. The molecule has 0 aliphatic carbocycles. The largest absolute Gasteiger partial charge is 0.410 e. The quantitative estimate of drug-likeness (QED) is 0.743. The third-order valence-electron chi connectivity index (χ3n) is 1.81. The monoisotopic (exact) mass is 202 g/mol. The summed E-state index contributed by atoms with van der Waals surface area (Å²) in [7, 11) is 0. The van der Waals surface area contributed by atoms with E-state index in [0.717, 1.165) is 5.75 Å². The molecule has 0 unspecified atom stereocenters. The molecule has 0 aliphatic heterocycles. The van der Waals surface area contributed by atoms with Crippen molar-refractivity contribution in [3.05, 3.63) is 5.89 Å². The van der Waals surface area contributed by atoms with Gasteiger partial charge in [-0.15, -0.1) is 10.2 Å². The lowest BCUT2D eigenvalue weighted by molar-refractivity contribution is -0.443. The summed E-state index contributed by atoms with van der Waals surface area (Å²) in [6, 6.07) is 0.0960. The predicted molar refractivity (Wildman–Crippen MR) is 51.2 cm³/mol. The summed E-state index contributed by atoms with van der Waals surface area (Å²) in [5, 5.41) is 8.52. The van der Waals surface area contributed by atoms with Crippen LogP contribution in [0.2, 0.25) is 0 Å². The van der Waals surface area contributed by atoms with Gasteiger partial charge in [0.15, 0.2) is 6.04 Å². The molecular weight excluding hydrogens is 186 g/mol. The second-order valence-corrected chi connectivity index (χ2v) is 4.40. The lowest BCUT2D eigenvalue weighted by Gasteiger charge is -2.05. The maximum atomic E-state index is 5.43. The number of rotatable bonds is 4. The molecule has 0 bridgehead atoms. The number of thioether (sulfide) groups is 1. The molecule has 1 rings (SSSR count). The van der Waals surface area contributed by atoms with Crippen LogP contribution in [0.25, 0.3) is 0 Å².